The van der Waals surface area contributed by atoms with E-state index < -0.39 is 0 Å². The molecule has 0 spiro atoms. The van der Waals surface area contributed by atoms with Gasteiger partial charge in [0, 0.05) is 24.0 Å². The molecule has 0 saturated carbocycles. The number of rotatable bonds is 2. The highest BCUT2D eigenvalue weighted by Crippen LogP contribution is 2.25. The normalized spacial score (nSPS) is 9.50. The van der Waals surface area contributed by atoms with Gasteiger partial charge in [-0.2, -0.15) is 0 Å². The second kappa shape index (κ2) is 6.67. The molecule has 1 aromatic heterocycles. The summed E-state index contributed by atoms with van der Waals surface area (Å²) in [6.07, 6.45) is 1.92. The molecule has 0 amide bonds. The van der Waals surface area contributed by atoms with Gasteiger partial charge < -0.3 is 10.5 Å². The van der Waals surface area contributed by atoms with E-state index in [1.54, 1.807) is 0 Å². The molecule has 0 aliphatic rings. The van der Waals surface area contributed by atoms with Gasteiger partial charge in [-0.25, -0.2) is 0 Å². The second-order valence-corrected chi connectivity index (χ2v) is 3.93. The predicted molar refractivity (Wildman–Crippen MR) is 74.2 cm³/mol. The van der Waals surface area contributed by atoms with Crippen LogP contribution in [0.2, 0.25) is 0 Å². The number of benzene rings is 1. The minimum Gasteiger partial charge on any atom is -0.326 e. The molecule has 0 fully saturated rings. The summed E-state index contributed by atoms with van der Waals surface area (Å²) in [6.45, 7) is 6.65. The molecule has 18 heavy (non-hydrogen) atoms. The van der Waals surface area contributed by atoms with E-state index in [4.69, 9.17) is 10.5 Å². The van der Waals surface area contributed by atoms with Crippen LogP contribution in [0.1, 0.15) is 16.8 Å². The van der Waals surface area contributed by atoms with Gasteiger partial charge in [-0.05, 0) is 30.5 Å². The van der Waals surface area contributed by atoms with E-state index in [1.807, 2.05) is 38.1 Å². The van der Waals surface area contributed by atoms with Crippen LogP contribution in [0.15, 0.2) is 36.5 Å². The van der Waals surface area contributed by atoms with Gasteiger partial charge in [-0.3, -0.25) is 4.98 Å². The first-order valence-corrected chi connectivity index (χ1v) is 5.73. The Morgan fingerprint density at radius 2 is 1.78 bits per heavy atom. The summed E-state index contributed by atoms with van der Waals surface area (Å²) in [6, 6.07) is 10.3. The molecular formula is C15H18N2O. The average Bonchev–Trinajstić information content (AvgIpc) is 2.45. The lowest BCUT2D eigenvalue weighted by molar-refractivity contribution is -0.0979. The molecule has 0 unspecified atom stereocenters. The third kappa shape index (κ3) is 2.81. The van der Waals surface area contributed by atoms with Crippen LogP contribution in [-0.2, 0) is 11.3 Å². The first kappa shape index (κ1) is 14.1. The van der Waals surface area contributed by atoms with Crippen LogP contribution in [0.5, 0.6) is 0 Å². The zero-order valence-corrected chi connectivity index (χ0v) is 10.8. The van der Waals surface area contributed by atoms with Crippen LogP contribution in [0.4, 0.5) is 0 Å². The maximum absolute atomic E-state index is 8.00. The first-order valence-electron chi connectivity index (χ1n) is 5.73. The first-order chi connectivity index (χ1) is 8.74. The van der Waals surface area contributed by atoms with E-state index in [-0.39, 0.29) is 0 Å². The molecule has 2 aromatic rings. The van der Waals surface area contributed by atoms with Crippen LogP contribution in [-0.4, -0.2) is 11.8 Å². The number of pyridine rings is 1. The number of hydrogen-bond acceptors (Lipinski definition) is 3. The van der Waals surface area contributed by atoms with Crippen molar-refractivity contribution in [1.29, 1.82) is 0 Å². The topological polar surface area (TPSA) is 56.0 Å². The Kier molecular flexibility index (Phi) is 5.21. The molecule has 0 aliphatic carbocycles. The Morgan fingerprint density at radius 3 is 2.33 bits per heavy atom. The van der Waals surface area contributed by atoms with Crippen LogP contribution >= 0.6 is 0 Å². The van der Waals surface area contributed by atoms with Crippen LogP contribution in [0, 0.1) is 13.8 Å². The molecule has 1 aromatic carbocycles. The zero-order valence-electron chi connectivity index (χ0n) is 10.8. The highest BCUT2D eigenvalue weighted by atomic mass is 16.1. The van der Waals surface area contributed by atoms with E-state index in [2.05, 4.69) is 24.0 Å². The van der Waals surface area contributed by atoms with Gasteiger partial charge in [0.15, 0.2) is 0 Å². The molecule has 3 nitrogen and oxygen atoms in total. The Balaban J connectivity index is 0.000000771. The average molecular weight is 242 g/mol. The summed E-state index contributed by atoms with van der Waals surface area (Å²) in [5, 5.41) is 0. The Bertz CT molecular complexity index is 509. The monoisotopic (exact) mass is 242 g/mol. The highest BCUT2D eigenvalue weighted by Gasteiger charge is 2.08. The molecule has 0 saturated heterocycles. The molecule has 1 heterocycles. The van der Waals surface area contributed by atoms with Gasteiger partial charge in [0.2, 0.25) is 0 Å². The molecule has 0 radical (unpaired) electrons. The third-order valence-corrected chi connectivity index (χ3v) is 3.00. The number of aryl methyl sites for hydroxylation is 1. The number of nitrogens with zero attached hydrogens (tertiary/aromatic N) is 1. The third-order valence-electron chi connectivity index (χ3n) is 3.00. The van der Waals surface area contributed by atoms with Gasteiger partial charge >= 0.3 is 0 Å². The van der Waals surface area contributed by atoms with Gasteiger partial charge in [-0.15, -0.1) is 0 Å². The molecule has 3 heteroatoms. The minimum atomic E-state index is 0.555. The largest absolute Gasteiger partial charge is 0.326 e. The fraction of sp³-hybridized carbons (Fsp3) is 0.200. The van der Waals surface area contributed by atoms with Gasteiger partial charge in [0.05, 0.1) is 0 Å². The smallest absolute Gasteiger partial charge is 0.106 e. The summed E-state index contributed by atoms with van der Waals surface area (Å²) >= 11 is 0. The van der Waals surface area contributed by atoms with E-state index in [9.17, 15) is 0 Å². The van der Waals surface area contributed by atoms with Crippen molar-refractivity contribution in [2.75, 3.05) is 0 Å². The van der Waals surface area contributed by atoms with Gasteiger partial charge in [0.1, 0.15) is 6.79 Å². The maximum atomic E-state index is 8.00. The van der Waals surface area contributed by atoms with E-state index in [0.717, 1.165) is 11.3 Å². The van der Waals surface area contributed by atoms with Crippen molar-refractivity contribution in [3.63, 3.8) is 0 Å². The number of carbonyl (C=O) groups is 1. The lowest BCUT2D eigenvalue weighted by atomic mass is 9.97. The standard InChI is InChI=1S/C14H16N2.CH2O/c1-10-11(2)16-9-14(13(10)8-15)12-6-4-3-5-7-12;1-2/h3-7,9H,8,15H2,1-2H3;1H2. The highest BCUT2D eigenvalue weighted by molar-refractivity contribution is 5.68. The molecule has 2 rings (SSSR count). The molecule has 94 valence electrons. The van der Waals surface area contributed by atoms with Crippen molar-refractivity contribution in [2.24, 2.45) is 5.73 Å². The van der Waals surface area contributed by atoms with Gasteiger partial charge in [-0.1, -0.05) is 30.3 Å². The zero-order chi connectivity index (χ0) is 13.5. The van der Waals surface area contributed by atoms with Crippen LogP contribution < -0.4 is 5.73 Å². The van der Waals surface area contributed by atoms with Crippen molar-refractivity contribution in [2.45, 2.75) is 20.4 Å². The van der Waals surface area contributed by atoms with E-state index in [0.29, 0.717) is 6.54 Å². The minimum absolute atomic E-state index is 0.555. The second-order valence-electron chi connectivity index (χ2n) is 3.93. The molecule has 2 N–H and O–H groups in total. The van der Waals surface area contributed by atoms with Crippen molar-refractivity contribution in [1.82, 2.24) is 4.98 Å². The summed E-state index contributed by atoms with van der Waals surface area (Å²) < 4.78 is 0. The van der Waals surface area contributed by atoms with E-state index >= 15 is 0 Å². The Labute approximate surface area is 108 Å². The molecule has 0 atom stereocenters. The fourth-order valence-electron chi connectivity index (χ4n) is 1.89. The van der Waals surface area contributed by atoms with Crippen molar-refractivity contribution < 1.29 is 4.79 Å². The fourth-order valence-corrected chi connectivity index (χ4v) is 1.89. The van der Waals surface area contributed by atoms with Crippen LogP contribution in [0.25, 0.3) is 11.1 Å². The number of hydrogen-bond donors (Lipinski definition) is 1. The summed E-state index contributed by atoms with van der Waals surface area (Å²) in [5.41, 5.74) is 11.6. The number of aromatic nitrogens is 1. The van der Waals surface area contributed by atoms with Crippen molar-refractivity contribution in [3.8, 4) is 11.1 Å². The maximum Gasteiger partial charge on any atom is 0.106 e. The summed E-state index contributed by atoms with van der Waals surface area (Å²) in [5.74, 6) is 0. The summed E-state index contributed by atoms with van der Waals surface area (Å²) in [7, 11) is 0. The lowest BCUT2D eigenvalue weighted by Crippen LogP contribution is -2.04. The number of carbonyl (C=O) groups excluding carboxylic acids is 1. The molecule has 0 aliphatic heterocycles. The Hall–Kier alpha value is -2.00. The predicted octanol–water partition coefficient (Wildman–Crippen LogP) is 2.64. The van der Waals surface area contributed by atoms with Crippen molar-refractivity contribution in [3.05, 3.63) is 53.3 Å². The number of nitrogens with two attached hydrogens (primary N) is 1. The summed E-state index contributed by atoms with van der Waals surface area (Å²) in [4.78, 5) is 12.4. The SMILES string of the molecule is C=O.Cc1ncc(-c2ccccc2)c(CN)c1C. The van der Waals surface area contributed by atoms with Crippen molar-refractivity contribution >= 4 is 6.79 Å². The lowest BCUT2D eigenvalue weighted by Gasteiger charge is -2.12. The van der Waals surface area contributed by atoms with Gasteiger partial charge in [0.25, 0.3) is 0 Å². The Morgan fingerprint density at radius 1 is 1.17 bits per heavy atom. The van der Waals surface area contributed by atoms with E-state index in [1.165, 1.54) is 16.7 Å². The molecular weight excluding hydrogens is 224 g/mol. The van der Waals surface area contributed by atoms with Crippen LogP contribution in [0.3, 0.4) is 0 Å². The molecule has 0 bridgehead atoms. The quantitative estimate of drug-likeness (QED) is 0.880.